The van der Waals surface area contributed by atoms with Crippen LogP contribution in [0.2, 0.25) is 5.02 Å². The summed E-state index contributed by atoms with van der Waals surface area (Å²) < 4.78 is 38.2. The van der Waals surface area contributed by atoms with Crippen LogP contribution in [-0.2, 0) is 19.6 Å². The highest BCUT2D eigenvalue weighted by atomic mass is 35.5. The fourth-order valence-electron chi connectivity index (χ4n) is 3.20. The van der Waals surface area contributed by atoms with Gasteiger partial charge < -0.3 is 14.8 Å². The third-order valence-corrected chi connectivity index (χ3v) is 7.09. The number of carbonyl (C=O) groups is 2. The molecule has 1 N–H and O–H groups in total. The molecule has 10 heteroatoms. The molecule has 184 valence electrons. The zero-order valence-electron chi connectivity index (χ0n) is 19.4. The molecule has 8 nitrogen and oxygen atoms in total. The van der Waals surface area contributed by atoms with Gasteiger partial charge in [-0.3, -0.25) is 9.10 Å². The topological polar surface area (TPSA) is 102 Å². The van der Waals surface area contributed by atoms with Crippen molar-refractivity contribution in [2.75, 3.05) is 29.9 Å². The van der Waals surface area contributed by atoms with E-state index in [1.54, 1.807) is 37.3 Å². The number of nitrogens with zero attached hydrogens (tertiary/aromatic N) is 1. The molecule has 3 rings (SSSR count). The molecule has 0 aliphatic rings. The number of ether oxygens (including phenoxy) is 2. The molecule has 0 saturated carbocycles. The highest BCUT2D eigenvalue weighted by Gasteiger charge is 2.28. The quantitative estimate of drug-likeness (QED) is 0.415. The maximum absolute atomic E-state index is 13.5. The predicted octanol–water partition coefficient (Wildman–Crippen LogP) is 4.67. The number of nitrogens with one attached hydrogen (secondary N) is 1. The average molecular weight is 517 g/mol. The number of aryl methyl sites for hydroxylation is 1. The maximum atomic E-state index is 13.5. The van der Waals surface area contributed by atoms with Gasteiger partial charge in [0, 0.05) is 6.07 Å². The van der Waals surface area contributed by atoms with Crippen LogP contribution in [0.1, 0.15) is 22.8 Å². The van der Waals surface area contributed by atoms with Crippen LogP contribution in [0.5, 0.6) is 5.75 Å². The van der Waals surface area contributed by atoms with Crippen molar-refractivity contribution in [2.45, 2.75) is 18.7 Å². The normalized spacial score (nSPS) is 11.0. The summed E-state index contributed by atoms with van der Waals surface area (Å²) in [6.45, 7) is 3.22. The van der Waals surface area contributed by atoms with Gasteiger partial charge in [0.25, 0.3) is 10.0 Å². The minimum absolute atomic E-state index is 0.0375. The Balaban J connectivity index is 1.91. The Hall–Kier alpha value is -3.56. The number of amides is 1. The molecule has 3 aromatic rings. The lowest BCUT2D eigenvalue weighted by molar-refractivity contribution is -0.114. The Labute approximate surface area is 209 Å². The Kier molecular flexibility index (Phi) is 8.37. The van der Waals surface area contributed by atoms with Gasteiger partial charge in [0.05, 0.1) is 40.6 Å². The van der Waals surface area contributed by atoms with E-state index < -0.39 is 28.4 Å². The zero-order valence-corrected chi connectivity index (χ0v) is 21.0. The second-order valence-corrected chi connectivity index (χ2v) is 9.76. The highest BCUT2D eigenvalue weighted by molar-refractivity contribution is 7.92. The van der Waals surface area contributed by atoms with E-state index in [1.165, 1.54) is 43.5 Å². The first-order valence-electron chi connectivity index (χ1n) is 10.7. The summed E-state index contributed by atoms with van der Waals surface area (Å²) in [5.41, 5.74) is 1.61. The Morgan fingerprint density at radius 2 is 1.74 bits per heavy atom. The number of esters is 1. The summed E-state index contributed by atoms with van der Waals surface area (Å²) in [5.74, 6) is -0.737. The van der Waals surface area contributed by atoms with Gasteiger partial charge in [-0.1, -0.05) is 35.4 Å². The molecule has 0 bridgehead atoms. The van der Waals surface area contributed by atoms with Crippen molar-refractivity contribution in [3.8, 4) is 5.75 Å². The molecule has 0 atom stereocenters. The molecule has 1 amide bonds. The molecule has 0 aliphatic carbocycles. The van der Waals surface area contributed by atoms with Crippen molar-refractivity contribution >= 4 is 44.9 Å². The van der Waals surface area contributed by atoms with Gasteiger partial charge in [0.15, 0.2) is 0 Å². The van der Waals surface area contributed by atoms with E-state index in [0.29, 0.717) is 5.75 Å². The van der Waals surface area contributed by atoms with Crippen LogP contribution in [0.25, 0.3) is 0 Å². The molecule has 35 heavy (non-hydrogen) atoms. The molecule has 0 saturated heterocycles. The molecular weight excluding hydrogens is 492 g/mol. The number of halogens is 1. The number of rotatable bonds is 9. The number of sulfonamides is 1. The lowest BCUT2D eigenvalue weighted by Gasteiger charge is -2.24. The third kappa shape index (κ3) is 6.32. The van der Waals surface area contributed by atoms with Crippen LogP contribution in [0.4, 0.5) is 11.4 Å². The minimum Gasteiger partial charge on any atom is -0.497 e. The van der Waals surface area contributed by atoms with Crippen LogP contribution in [0.15, 0.2) is 71.6 Å². The fraction of sp³-hybridized carbons (Fsp3) is 0.200. The number of hydrogen-bond acceptors (Lipinski definition) is 6. The smallest absolute Gasteiger partial charge is 0.338 e. The Morgan fingerprint density at radius 3 is 2.37 bits per heavy atom. The largest absolute Gasteiger partial charge is 0.497 e. The van der Waals surface area contributed by atoms with Crippen molar-refractivity contribution in [1.82, 2.24) is 0 Å². The molecule has 3 aromatic carbocycles. The molecule has 0 heterocycles. The van der Waals surface area contributed by atoms with E-state index in [4.69, 9.17) is 21.1 Å². The van der Waals surface area contributed by atoms with Crippen molar-refractivity contribution in [3.63, 3.8) is 0 Å². The van der Waals surface area contributed by atoms with Gasteiger partial charge >= 0.3 is 5.97 Å². The number of anilines is 2. The molecular formula is C25H25ClN2O6S. The van der Waals surface area contributed by atoms with Crippen molar-refractivity contribution < 1.29 is 27.5 Å². The predicted molar refractivity (Wildman–Crippen MR) is 135 cm³/mol. The van der Waals surface area contributed by atoms with E-state index in [1.807, 2.05) is 6.92 Å². The molecule has 0 unspecified atom stereocenters. The van der Waals surface area contributed by atoms with Gasteiger partial charge in [-0.2, -0.15) is 0 Å². The average Bonchev–Trinajstić information content (AvgIpc) is 2.84. The van der Waals surface area contributed by atoms with Gasteiger partial charge in [0.2, 0.25) is 5.91 Å². The van der Waals surface area contributed by atoms with Crippen molar-refractivity contribution in [3.05, 3.63) is 82.9 Å². The van der Waals surface area contributed by atoms with E-state index in [0.717, 1.165) is 9.87 Å². The number of methoxy groups -OCH3 is 1. The SMILES string of the molecule is CCOC(=O)c1ccc(NC(=O)CN(c2cccc(OC)c2)S(=O)(=O)c2ccc(C)cc2)c(Cl)c1. The number of benzene rings is 3. The summed E-state index contributed by atoms with van der Waals surface area (Å²) in [4.78, 5) is 24.9. The van der Waals surface area contributed by atoms with Gasteiger partial charge in [-0.15, -0.1) is 0 Å². The summed E-state index contributed by atoms with van der Waals surface area (Å²) in [6, 6.07) is 17.0. The van der Waals surface area contributed by atoms with E-state index in [-0.39, 0.29) is 33.5 Å². The minimum atomic E-state index is -4.09. The molecule has 0 aromatic heterocycles. The van der Waals surface area contributed by atoms with Crippen LogP contribution in [0.3, 0.4) is 0 Å². The first-order chi connectivity index (χ1) is 16.6. The van der Waals surface area contributed by atoms with Crippen LogP contribution in [-0.4, -0.2) is 40.6 Å². The van der Waals surface area contributed by atoms with E-state index in [9.17, 15) is 18.0 Å². The first kappa shape index (κ1) is 26.1. The Bertz CT molecular complexity index is 1330. The van der Waals surface area contributed by atoms with Crippen molar-refractivity contribution in [2.24, 2.45) is 0 Å². The summed E-state index contributed by atoms with van der Waals surface area (Å²) in [6.07, 6.45) is 0. The molecule has 0 fully saturated rings. The third-order valence-electron chi connectivity index (χ3n) is 4.99. The standard InChI is InChI=1S/C25H25ClN2O6S/c1-4-34-25(30)18-10-13-23(22(26)14-18)27-24(29)16-28(19-6-5-7-20(15-19)33-3)35(31,32)21-11-8-17(2)9-12-21/h5-15H,4,16H2,1-3H3,(H,27,29). The molecule has 0 aliphatic heterocycles. The van der Waals surface area contributed by atoms with Crippen LogP contribution < -0.4 is 14.4 Å². The molecule has 0 spiro atoms. The maximum Gasteiger partial charge on any atom is 0.338 e. The van der Waals surface area contributed by atoms with E-state index >= 15 is 0 Å². The van der Waals surface area contributed by atoms with Gasteiger partial charge in [-0.25, -0.2) is 13.2 Å². The summed E-state index contributed by atoms with van der Waals surface area (Å²) in [5, 5.41) is 2.72. The lowest BCUT2D eigenvalue weighted by Crippen LogP contribution is -2.38. The number of hydrogen-bond donors (Lipinski definition) is 1. The lowest BCUT2D eigenvalue weighted by atomic mass is 10.2. The summed E-state index contributed by atoms with van der Waals surface area (Å²) >= 11 is 6.24. The second kappa shape index (κ2) is 11.2. The highest BCUT2D eigenvalue weighted by Crippen LogP contribution is 2.28. The fourth-order valence-corrected chi connectivity index (χ4v) is 4.84. The second-order valence-electron chi connectivity index (χ2n) is 7.49. The zero-order chi connectivity index (χ0) is 25.6. The van der Waals surface area contributed by atoms with Gasteiger partial charge in [-0.05, 0) is 56.3 Å². The van der Waals surface area contributed by atoms with E-state index in [2.05, 4.69) is 5.32 Å². The van der Waals surface area contributed by atoms with Crippen LogP contribution >= 0.6 is 11.6 Å². The molecule has 0 radical (unpaired) electrons. The van der Waals surface area contributed by atoms with Crippen LogP contribution in [0, 0.1) is 6.92 Å². The number of carbonyl (C=O) groups excluding carboxylic acids is 2. The van der Waals surface area contributed by atoms with Gasteiger partial charge in [0.1, 0.15) is 12.3 Å². The monoisotopic (exact) mass is 516 g/mol. The Morgan fingerprint density at radius 1 is 1.03 bits per heavy atom. The summed E-state index contributed by atoms with van der Waals surface area (Å²) in [7, 11) is -2.63. The van der Waals surface area contributed by atoms with Crippen molar-refractivity contribution in [1.29, 1.82) is 0 Å². The first-order valence-corrected chi connectivity index (χ1v) is 12.5.